The molecule has 4 amide bonds. The van der Waals surface area contributed by atoms with E-state index < -0.39 is 23.4 Å². The van der Waals surface area contributed by atoms with Crippen LogP contribution in [0, 0.1) is 0 Å². The van der Waals surface area contributed by atoms with Crippen molar-refractivity contribution in [2.24, 2.45) is 5.73 Å². The molecule has 7 aromatic carbocycles. The first-order chi connectivity index (χ1) is 61.3. The van der Waals surface area contributed by atoms with Crippen LogP contribution in [0.2, 0.25) is 0 Å². The Hall–Kier alpha value is -11.6. The molecule has 30 heteroatoms. The third kappa shape index (κ3) is 33.3. The number of hydrogen-bond acceptors (Lipinski definition) is 18. The highest BCUT2D eigenvalue weighted by Crippen LogP contribution is 2.34. The summed E-state index contributed by atoms with van der Waals surface area (Å²) in [5.74, 6) is -0.118. The smallest absolute Gasteiger partial charge is 0.414 e. The molecule has 0 radical (unpaired) electrons. The van der Waals surface area contributed by atoms with E-state index in [1.807, 2.05) is 247 Å². The number of Topliss-reactive ketones (excluding diaryl/α,β-unsaturated/α-hetero) is 4. The molecular weight excluding hydrogens is 1830 g/mol. The molecule has 4 aromatic heterocycles. The maximum Gasteiger partial charge on any atom is 0.414 e. The Bertz CT molecular complexity index is 5250. The number of carbonyl (C=O) groups is 8. The minimum Gasteiger partial charge on any atom is -0.445 e. The third-order valence-electron chi connectivity index (χ3n) is 20.3. The van der Waals surface area contributed by atoms with E-state index >= 15 is 0 Å². The summed E-state index contributed by atoms with van der Waals surface area (Å²) in [5, 5.41) is 17.5. The van der Waals surface area contributed by atoms with Crippen LogP contribution >= 0.6 is 55.8 Å². The molecule has 3 atom stereocenters. The number of carbonyl (C=O) groups excluding carboxylic acids is 8. The van der Waals surface area contributed by atoms with Crippen molar-refractivity contribution < 1.29 is 57.3 Å². The van der Waals surface area contributed by atoms with Crippen molar-refractivity contribution >= 4 is 109 Å². The van der Waals surface area contributed by atoms with Gasteiger partial charge in [-0.05, 0) is 120 Å². The number of likely N-dealkylation sites (tertiary alicyclic amines) is 2. The minimum absolute atomic E-state index is 0.0257. The summed E-state index contributed by atoms with van der Waals surface area (Å²) >= 11 is 14.0. The molecule has 15 rings (SSSR count). The number of halogens is 4. The van der Waals surface area contributed by atoms with Crippen molar-refractivity contribution in [1.29, 1.82) is 0 Å². The van der Waals surface area contributed by atoms with Crippen LogP contribution in [0.3, 0.4) is 0 Å². The van der Waals surface area contributed by atoms with Gasteiger partial charge in [0.1, 0.15) is 24.4 Å². The Kier molecular flexibility index (Phi) is 40.0. The highest BCUT2D eigenvalue weighted by atomic mass is 80.9. The molecule has 0 bridgehead atoms. The van der Waals surface area contributed by atoms with Gasteiger partial charge in [0.05, 0.1) is 97.2 Å². The SMILES string of the molecule is BrBr.CC(=O)c1cnn(Cc2ccccc2)c1.CC(C)(C)OC(=O)N1CCC[C@H]1CN.CC(C)(C)OC(=O)N1CCC[C@H]1CN(CC(=O)c1cnn(Cc2ccccc2)c1)C(=O)OCc1ccccc1.O=C(CBr)c1cnn(Cc2ccccc2)c1.O=C(CCl)c1ccccc1.O=C(OCc1ccccc1)N1C=C(c2cnn(Cc3ccccc3)c2)N2CCCC2C1. The van der Waals surface area contributed by atoms with Crippen LogP contribution in [0.1, 0.15) is 167 Å². The molecule has 670 valence electrons. The summed E-state index contributed by atoms with van der Waals surface area (Å²) < 4.78 is 29.2. The lowest BCUT2D eigenvalue weighted by molar-refractivity contribution is 0.0185. The van der Waals surface area contributed by atoms with E-state index in [0.717, 1.165) is 79.7 Å². The fourth-order valence-corrected chi connectivity index (χ4v) is 14.5. The molecule has 0 saturated carbocycles. The number of alkyl halides is 2. The molecule has 2 N–H and O–H groups in total. The number of ketones is 4. The van der Waals surface area contributed by atoms with Crippen LogP contribution in [0.5, 0.6) is 0 Å². The van der Waals surface area contributed by atoms with Crippen LogP contribution in [0.4, 0.5) is 19.2 Å². The van der Waals surface area contributed by atoms with Crippen LogP contribution in [0.25, 0.3) is 5.70 Å². The summed E-state index contributed by atoms with van der Waals surface area (Å²) in [5.41, 5.74) is 15.4. The second-order valence-electron chi connectivity index (χ2n) is 32.4. The summed E-state index contributed by atoms with van der Waals surface area (Å²) in [6.07, 6.45) is 20.0. The van der Waals surface area contributed by atoms with Gasteiger partial charge in [-0.2, -0.15) is 20.4 Å². The Balaban J connectivity index is 0.000000183. The van der Waals surface area contributed by atoms with E-state index in [4.69, 9.17) is 36.3 Å². The van der Waals surface area contributed by atoms with Gasteiger partial charge >= 0.3 is 24.4 Å². The Morgan fingerprint density at radius 1 is 0.457 bits per heavy atom. The molecule has 8 heterocycles. The summed E-state index contributed by atoms with van der Waals surface area (Å²) in [4.78, 5) is 106. The minimum atomic E-state index is -0.631. The summed E-state index contributed by atoms with van der Waals surface area (Å²) in [6.45, 7) is 19.1. The van der Waals surface area contributed by atoms with Crippen LogP contribution in [-0.2, 0) is 58.3 Å². The molecule has 4 aliphatic heterocycles. The number of fused-ring (bicyclic) bond motifs is 1. The molecule has 0 spiro atoms. The van der Waals surface area contributed by atoms with Gasteiger partial charge in [-0.25, -0.2) is 19.2 Å². The monoisotopic (exact) mass is 1940 g/mol. The highest BCUT2D eigenvalue weighted by molar-refractivity contribution is 9.93. The molecule has 0 aliphatic carbocycles. The van der Waals surface area contributed by atoms with Crippen molar-refractivity contribution in [3.05, 3.63) is 329 Å². The molecule has 1 unspecified atom stereocenters. The van der Waals surface area contributed by atoms with Crippen LogP contribution < -0.4 is 5.73 Å². The second-order valence-corrected chi connectivity index (χ2v) is 33.2. The van der Waals surface area contributed by atoms with Crippen molar-refractivity contribution in [1.82, 2.24) is 63.6 Å². The normalized spacial score (nSPS) is 14.8. The predicted octanol–water partition coefficient (Wildman–Crippen LogP) is 19.3. The van der Waals surface area contributed by atoms with Crippen molar-refractivity contribution in [3.8, 4) is 0 Å². The molecule has 3 fully saturated rings. The van der Waals surface area contributed by atoms with Gasteiger partial charge in [-0.15, -0.1) is 11.6 Å². The van der Waals surface area contributed by atoms with E-state index in [1.165, 1.54) is 27.8 Å². The van der Waals surface area contributed by atoms with Gasteiger partial charge in [0.2, 0.25) is 0 Å². The first-order valence-electron chi connectivity index (χ1n) is 42.1. The maximum absolute atomic E-state index is 13.3. The largest absolute Gasteiger partial charge is 0.445 e. The lowest BCUT2D eigenvalue weighted by Crippen LogP contribution is -2.48. The number of ether oxygens (including phenoxy) is 4. The van der Waals surface area contributed by atoms with Crippen LogP contribution in [0.15, 0.2) is 268 Å². The number of hydrogen-bond donors (Lipinski definition) is 1. The number of amides is 4. The highest BCUT2D eigenvalue weighted by Gasteiger charge is 2.38. The van der Waals surface area contributed by atoms with Gasteiger partial charge in [0.15, 0.2) is 23.1 Å². The second kappa shape index (κ2) is 51.2. The number of nitrogens with zero attached hydrogens (tertiary/aromatic N) is 13. The van der Waals surface area contributed by atoms with E-state index in [-0.39, 0.29) is 79.6 Å². The van der Waals surface area contributed by atoms with Crippen molar-refractivity contribution in [3.63, 3.8) is 0 Å². The Morgan fingerprint density at radius 3 is 1.27 bits per heavy atom. The molecule has 4 aliphatic rings. The van der Waals surface area contributed by atoms with Crippen molar-refractivity contribution in [2.75, 3.05) is 57.0 Å². The van der Waals surface area contributed by atoms with E-state index in [9.17, 15) is 38.4 Å². The lowest BCUT2D eigenvalue weighted by atomic mass is 10.1. The zero-order valence-electron chi connectivity index (χ0n) is 72.8. The lowest BCUT2D eigenvalue weighted by Gasteiger charge is -2.37. The average molecular weight is 1940 g/mol. The topological polar surface area (TPSA) is 287 Å². The Morgan fingerprint density at radius 2 is 0.843 bits per heavy atom. The van der Waals surface area contributed by atoms with Gasteiger partial charge < -0.3 is 39.4 Å². The number of nitrogens with two attached hydrogens (primary N) is 1. The predicted molar refractivity (Wildman–Crippen MR) is 503 cm³/mol. The van der Waals surface area contributed by atoms with Gasteiger partial charge in [0.25, 0.3) is 0 Å². The zero-order valence-corrected chi connectivity index (χ0v) is 78.3. The Labute approximate surface area is 772 Å². The first-order valence-corrected chi connectivity index (χ1v) is 47.4. The summed E-state index contributed by atoms with van der Waals surface area (Å²) in [7, 11) is 0. The molecule has 26 nitrogen and oxygen atoms in total. The van der Waals surface area contributed by atoms with Gasteiger partial charge in [-0.3, -0.25) is 47.7 Å². The number of aromatic nitrogens is 8. The molecule has 11 aromatic rings. The van der Waals surface area contributed by atoms with Gasteiger partial charge in [0, 0.05) is 122 Å². The number of rotatable bonds is 24. The van der Waals surface area contributed by atoms with E-state index in [2.05, 4.69) is 87.8 Å². The molecule has 3 saturated heterocycles. The fourth-order valence-electron chi connectivity index (χ4n) is 14.0. The van der Waals surface area contributed by atoms with Gasteiger partial charge in [-0.1, -0.05) is 228 Å². The van der Waals surface area contributed by atoms with Crippen molar-refractivity contribution in [2.45, 2.75) is 156 Å². The first kappa shape index (κ1) is 99.2. The quantitative estimate of drug-likeness (QED) is 0.0334. The zero-order chi connectivity index (χ0) is 91.1. The standard InChI is InChI=1S/C30H36N4O5.C25H26N4O2.C12H11BrN2O.C12H12N2O.C10H20N2O2.C8H7ClO.Br2/c1-30(2,3)39-29(37)34-16-10-15-26(34)20-32(28(36)38-22-24-13-8-5-9-14-24)21-27(35)25-17-31-33(19-25)18-23-11-6-4-7-12-23;30-25(31-19-21-10-5-2-6-11-21)27-17-23-12-7-13-29(23)24(18-27)22-14-26-28(16-22)15-20-8-3-1-4-9-20;13-6-12(16)11-7-14-15(9-11)8-10-4-2-1-3-5-10;1-10(15)12-7-13-14(9-12)8-11-5-3-2-4-6-11;1-10(2,3)14-9(13)12-6-4-5-8(12)7-11;9-6-8(10)7-4-2-1-3-5-7;1-2/h4-9,11-14,17,19,26H,10,15-16,18,20-22H2,1-3H3;1-6,8-11,14,16,18,23H,7,12-13,15,17,19H2;1-5,7,9H,6,8H2;2-7,9H,8H2,1H3;8H,4-7,11H2,1-3H3;1-5H,6H2;/t26-;;;;8-;;/m0...0../s1. The summed E-state index contributed by atoms with van der Waals surface area (Å²) in [6, 6.07) is 68.6. The van der Waals surface area contributed by atoms with Crippen LogP contribution in [-0.4, -0.2) is 197 Å². The van der Waals surface area contributed by atoms with E-state index in [1.54, 1.807) is 78.8 Å². The fraction of sp³-hybridized carbons (Fsp3) is 0.340. The maximum atomic E-state index is 13.3. The number of benzene rings is 7. The molecule has 127 heavy (non-hydrogen) atoms. The molecular formula is C97H112Br3ClN14O12. The third-order valence-corrected chi connectivity index (χ3v) is 21.0. The average Bonchev–Trinajstić information content (AvgIpc) is 1.66. The van der Waals surface area contributed by atoms with E-state index in [0.29, 0.717) is 79.3 Å².